The van der Waals surface area contributed by atoms with Gasteiger partial charge >= 0.3 is 5.76 Å². The molecule has 130 valence electrons. The van der Waals surface area contributed by atoms with Crippen LogP contribution in [0.2, 0.25) is 0 Å². The average Bonchev–Trinajstić information content (AvgIpc) is 2.90. The third-order valence-electron chi connectivity index (χ3n) is 4.85. The first-order chi connectivity index (χ1) is 12.1. The predicted octanol–water partition coefficient (Wildman–Crippen LogP) is 2.42. The zero-order valence-electron chi connectivity index (χ0n) is 14.0. The molecule has 1 fully saturated rings. The summed E-state index contributed by atoms with van der Waals surface area (Å²) in [5.74, 6) is -0.567. The lowest BCUT2D eigenvalue weighted by molar-refractivity contribution is 0.153. The van der Waals surface area contributed by atoms with Crippen LogP contribution >= 0.6 is 0 Å². The number of fused-ring (bicyclic) bond motifs is 1. The third kappa shape index (κ3) is 3.10. The van der Waals surface area contributed by atoms with Crippen LogP contribution in [0.25, 0.3) is 11.1 Å². The number of benzene rings is 2. The molecule has 1 aliphatic heterocycles. The average molecular weight is 341 g/mol. The molecule has 3 aromatic rings. The van der Waals surface area contributed by atoms with Gasteiger partial charge in [0.2, 0.25) is 0 Å². The van der Waals surface area contributed by atoms with E-state index in [0.717, 1.165) is 42.8 Å². The maximum atomic E-state index is 13.2. The van der Waals surface area contributed by atoms with Gasteiger partial charge in [0.05, 0.1) is 5.52 Å². The minimum atomic E-state index is -0.349. The summed E-state index contributed by atoms with van der Waals surface area (Å²) in [5, 5.41) is 3.41. The summed E-state index contributed by atoms with van der Waals surface area (Å²) in [6, 6.07) is 12.8. The number of nitrogens with zero attached hydrogens (tertiary/aromatic N) is 2. The lowest BCUT2D eigenvalue weighted by Crippen LogP contribution is -2.45. The molecule has 25 heavy (non-hydrogen) atoms. The van der Waals surface area contributed by atoms with Gasteiger partial charge in [-0.3, -0.25) is 9.47 Å². The van der Waals surface area contributed by atoms with Gasteiger partial charge < -0.3 is 9.73 Å². The number of rotatable bonds is 3. The number of piperazine rings is 1. The zero-order chi connectivity index (χ0) is 17.4. The second-order valence-electron chi connectivity index (χ2n) is 6.47. The third-order valence-corrected chi connectivity index (χ3v) is 4.85. The number of oxazole rings is 1. The standard InChI is InChI=1S/C19H20FN3O2/c1-22-16-7-2-13(10-18(16)25-19(22)24)12-23-9-8-21-11-17(23)14-3-5-15(20)6-4-14/h2-7,10,17,21H,8-9,11-12H2,1H3. The Morgan fingerprint density at radius 1 is 1.24 bits per heavy atom. The Balaban J connectivity index is 1.61. The summed E-state index contributed by atoms with van der Waals surface area (Å²) in [4.78, 5) is 14.0. The summed E-state index contributed by atoms with van der Waals surface area (Å²) in [7, 11) is 1.70. The summed E-state index contributed by atoms with van der Waals surface area (Å²) >= 11 is 0. The van der Waals surface area contributed by atoms with Crippen molar-refractivity contribution in [3.05, 3.63) is 70.0 Å². The molecule has 2 heterocycles. The van der Waals surface area contributed by atoms with Gasteiger partial charge in [-0.2, -0.15) is 0 Å². The molecule has 1 aromatic heterocycles. The minimum Gasteiger partial charge on any atom is -0.408 e. The number of hydrogen-bond acceptors (Lipinski definition) is 4. The van der Waals surface area contributed by atoms with Crippen LogP contribution in [0, 0.1) is 5.82 Å². The van der Waals surface area contributed by atoms with Crippen molar-refractivity contribution in [3.8, 4) is 0 Å². The Labute approximate surface area is 144 Å². The van der Waals surface area contributed by atoms with Crippen molar-refractivity contribution in [2.75, 3.05) is 19.6 Å². The predicted molar refractivity (Wildman–Crippen MR) is 93.9 cm³/mol. The number of halogens is 1. The Morgan fingerprint density at radius 2 is 2.04 bits per heavy atom. The lowest BCUT2D eigenvalue weighted by Gasteiger charge is -2.36. The molecule has 4 rings (SSSR count). The fourth-order valence-electron chi connectivity index (χ4n) is 3.46. The van der Waals surface area contributed by atoms with E-state index in [1.165, 1.54) is 16.7 Å². The maximum Gasteiger partial charge on any atom is 0.419 e. The SMILES string of the molecule is Cn1c(=O)oc2cc(CN3CCNCC3c3ccc(F)cc3)ccc21. The number of nitrogens with one attached hydrogen (secondary N) is 1. The second-order valence-corrected chi connectivity index (χ2v) is 6.47. The van der Waals surface area contributed by atoms with Gasteiger partial charge in [-0.05, 0) is 35.4 Å². The Morgan fingerprint density at radius 3 is 2.84 bits per heavy atom. The molecule has 5 nitrogen and oxygen atoms in total. The second kappa shape index (κ2) is 6.46. The summed E-state index contributed by atoms with van der Waals surface area (Å²) in [5.41, 5.74) is 3.60. The van der Waals surface area contributed by atoms with Gasteiger partial charge in [-0.25, -0.2) is 9.18 Å². The largest absolute Gasteiger partial charge is 0.419 e. The molecule has 6 heteroatoms. The van der Waals surface area contributed by atoms with Crippen LogP contribution in [-0.2, 0) is 13.6 Å². The van der Waals surface area contributed by atoms with E-state index in [1.807, 2.05) is 30.3 Å². The van der Waals surface area contributed by atoms with Crippen LogP contribution in [0.1, 0.15) is 17.2 Å². The molecule has 0 bridgehead atoms. The van der Waals surface area contributed by atoms with Crippen molar-refractivity contribution in [1.29, 1.82) is 0 Å². The van der Waals surface area contributed by atoms with E-state index in [4.69, 9.17) is 4.42 Å². The molecular formula is C19H20FN3O2. The van der Waals surface area contributed by atoms with Crippen molar-refractivity contribution >= 4 is 11.1 Å². The zero-order valence-corrected chi connectivity index (χ0v) is 14.0. The van der Waals surface area contributed by atoms with Crippen molar-refractivity contribution in [2.45, 2.75) is 12.6 Å². The molecule has 1 unspecified atom stereocenters. The first-order valence-corrected chi connectivity index (χ1v) is 8.40. The number of hydrogen-bond donors (Lipinski definition) is 1. The first kappa shape index (κ1) is 16.1. The summed E-state index contributed by atoms with van der Waals surface area (Å²) < 4.78 is 20.0. The number of aromatic nitrogens is 1. The molecule has 0 saturated carbocycles. The smallest absolute Gasteiger partial charge is 0.408 e. The molecule has 0 spiro atoms. The van der Waals surface area contributed by atoms with Gasteiger partial charge in [-0.15, -0.1) is 0 Å². The van der Waals surface area contributed by atoms with Crippen molar-refractivity contribution < 1.29 is 8.81 Å². The molecular weight excluding hydrogens is 321 g/mol. The van der Waals surface area contributed by atoms with E-state index in [2.05, 4.69) is 10.2 Å². The molecule has 1 atom stereocenters. The fourth-order valence-corrected chi connectivity index (χ4v) is 3.46. The number of aryl methyl sites for hydroxylation is 1. The quantitative estimate of drug-likeness (QED) is 0.795. The van der Waals surface area contributed by atoms with Crippen molar-refractivity contribution in [3.63, 3.8) is 0 Å². The molecule has 1 saturated heterocycles. The van der Waals surface area contributed by atoms with Crippen LogP contribution in [0.3, 0.4) is 0 Å². The maximum absolute atomic E-state index is 13.2. The summed E-state index contributed by atoms with van der Waals surface area (Å²) in [6.07, 6.45) is 0. The van der Waals surface area contributed by atoms with Crippen LogP contribution in [0.5, 0.6) is 0 Å². The van der Waals surface area contributed by atoms with E-state index < -0.39 is 0 Å². The van der Waals surface area contributed by atoms with Gasteiger partial charge in [0.25, 0.3) is 0 Å². The molecule has 0 aliphatic carbocycles. The van der Waals surface area contributed by atoms with Gasteiger partial charge in [0.1, 0.15) is 5.82 Å². The first-order valence-electron chi connectivity index (χ1n) is 8.40. The topological polar surface area (TPSA) is 50.4 Å². The molecule has 0 amide bonds. The highest BCUT2D eigenvalue weighted by molar-refractivity contribution is 5.73. The van der Waals surface area contributed by atoms with Gasteiger partial charge in [0, 0.05) is 39.3 Å². The van der Waals surface area contributed by atoms with E-state index in [-0.39, 0.29) is 17.6 Å². The van der Waals surface area contributed by atoms with E-state index in [0.29, 0.717) is 5.58 Å². The van der Waals surface area contributed by atoms with Crippen molar-refractivity contribution in [2.24, 2.45) is 7.05 Å². The highest BCUT2D eigenvalue weighted by atomic mass is 19.1. The van der Waals surface area contributed by atoms with E-state index >= 15 is 0 Å². The highest BCUT2D eigenvalue weighted by Crippen LogP contribution is 2.25. The van der Waals surface area contributed by atoms with E-state index in [1.54, 1.807) is 7.05 Å². The molecule has 1 aliphatic rings. The van der Waals surface area contributed by atoms with Crippen LogP contribution < -0.4 is 11.1 Å². The molecule has 2 aromatic carbocycles. The van der Waals surface area contributed by atoms with Gasteiger partial charge in [0.15, 0.2) is 5.58 Å². The van der Waals surface area contributed by atoms with E-state index in [9.17, 15) is 9.18 Å². The van der Waals surface area contributed by atoms with Crippen LogP contribution in [0.15, 0.2) is 51.7 Å². The molecule has 1 N–H and O–H groups in total. The van der Waals surface area contributed by atoms with Crippen LogP contribution in [-0.4, -0.2) is 29.1 Å². The minimum absolute atomic E-state index is 0.188. The Kier molecular flexibility index (Phi) is 4.15. The Hall–Kier alpha value is -2.44. The van der Waals surface area contributed by atoms with Crippen molar-refractivity contribution in [1.82, 2.24) is 14.8 Å². The van der Waals surface area contributed by atoms with Gasteiger partial charge in [-0.1, -0.05) is 18.2 Å². The van der Waals surface area contributed by atoms with Crippen LogP contribution in [0.4, 0.5) is 4.39 Å². The normalized spacial score (nSPS) is 18.7. The fraction of sp³-hybridized carbons (Fsp3) is 0.316. The lowest BCUT2D eigenvalue weighted by atomic mass is 10.0. The molecule has 0 radical (unpaired) electrons. The monoisotopic (exact) mass is 341 g/mol. The summed E-state index contributed by atoms with van der Waals surface area (Å²) in [6.45, 7) is 3.39. The Bertz CT molecular complexity index is 945. The highest BCUT2D eigenvalue weighted by Gasteiger charge is 2.24.